The molecule has 0 heterocycles. The maximum atomic E-state index is 11.9. The summed E-state index contributed by atoms with van der Waals surface area (Å²) < 4.78 is 86.0. The van der Waals surface area contributed by atoms with Crippen LogP contribution in [0.5, 0.6) is 0 Å². The first-order chi connectivity index (χ1) is 5.40. The highest BCUT2D eigenvalue weighted by molar-refractivity contribution is 7.87. The predicted molar refractivity (Wildman–Crippen MR) is 25.7 cm³/mol. The first-order valence-corrected chi connectivity index (χ1v) is 3.76. The van der Waals surface area contributed by atoms with Gasteiger partial charge >= 0.3 is 17.2 Å². The zero-order valence-corrected chi connectivity index (χ0v) is 6.25. The van der Waals surface area contributed by atoms with Crippen LogP contribution in [-0.2, 0) is 14.9 Å². The molecule has 0 aliphatic carbocycles. The summed E-state index contributed by atoms with van der Waals surface area (Å²) in [5.41, 5.74) is 0. The standard InChI is InChI=1S/C3HF5O4S/c4-2(5,6)1(9)3(7,8)13(10,11)12/h(H,10,11,12)/p-1. The molecule has 0 amide bonds. The van der Waals surface area contributed by atoms with Gasteiger partial charge in [0.25, 0.3) is 0 Å². The number of ketones is 1. The van der Waals surface area contributed by atoms with E-state index in [9.17, 15) is 39.7 Å². The first-order valence-electron chi connectivity index (χ1n) is 2.35. The third-order valence-electron chi connectivity index (χ3n) is 0.836. The molecule has 0 radical (unpaired) electrons. The fourth-order valence-electron chi connectivity index (χ4n) is 0.279. The molecule has 0 N–H and O–H groups in total. The zero-order valence-electron chi connectivity index (χ0n) is 5.43. The molecule has 0 aliphatic heterocycles. The highest BCUT2D eigenvalue weighted by atomic mass is 32.2. The summed E-state index contributed by atoms with van der Waals surface area (Å²) in [5, 5.41) is -5.97. The van der Waals surface area contributed by atoms with E-state index in [2.05, 4.69) is 0 Å². The lowest BCUT2D eigenvalue weighted by molar-refractivity contribution is -0.186. The van der Waals surface area contributed by atoms with E-state index in [1.54, 1.807) is 0 Å². The first kappa shape index (κ1) is 12.2. The molecule has 0 unspecified atom stereocenters. The number of alkyl halides is 5. The van der Waals surface area contributed by atoms with Gasteiger partial charge in [0.15, 0.2) is 10.1 Å². The molecule has 0 saturated carbocycles. The molecule has 0 fully saturated rings. The van der Waals surface area contributed by atoms with E-state index in [0.29, 0.717) is 0 Å². The van der Waals surface area contributed by atoms with Crippen LogP contribution in [0.2, 0.25) is 0 Å². The van der Waals surface area contributed by atoms with Gasteiger partial charge in [0.2, 0.25) is 0 Å². The molecule has 4 nitrogen and oxygen atoms in total. The van der Waals surface area contributed by atoms with E-state index in [4.69, 9.17) is 0 Å². The molecular formula is C3F5O4S-. The van der Waals surface area contributed by atoms with Crippen LogP contribution in [0.3, 0.4) is 0 Å². The van der Waals surface area contributed by atoms with Gasteiger partial charge in [0.05, 0.1) is 0 Å². The number of carbonyl (C=O) groups is 1. The second-order valence-electron chi connectivity index (χ2n) is 1.80. The third-order valence-corrected chi connectivity index (χ3v) is 1.65. The summed E-state index contributed by atoms with van der Waals surface area (Å²) in [4.78, 5) is 9.68. The van der Waals surface area contributed by atoms with Gasteiger partial charge in [-0.15, -0.1) is 0 Å². The molecular weight excluding hydrogens is 227 g/mol. The van der Waals surface area contributed by atoms with Crippen LogP contribution in [0, 0.1) is 0 Å². The Morgan fingerprint density at radius 1 is 1.08 bits per heavy atom. The molecule has 0 aromatic rings. The Balaban J connectivity index is 5.23. The highest BCUT2D eigenvalue weighted by Crippen LogP contribution is 2.30. The van der Waals surface area contributed by atoms with Crippen LogP contribution < -0.4 is 0 Å². The number of Topliss-reactive ketones (excluding diaryl/α,β-unsaturated/α-hetero) is 1. The SMILES string of the molecule is O=C(C(F)(F)F)C(F)(F)S(=O)(=O)[O-]. The fourth-order valence-corrected chi connectivity index (χ4v) is 0.621. The average Bonchev–Trinajstić information content (AvgIpc) is 1.81. The molecule has 78 valence electrons. The minimum Gasteiger partial charge on any atom is -0.743 e. The van der Waals surface area contributed by atoms with Crippen molar-refractivity contribution in [2.24, 2.45) is 0 Å². The van der Waals surface area contributed by atoms with Gasteiger partial charge < -0.3 is 4.55 Å². The van der Waals surface area contributed by atoms with Crippen molar-refractivity contribution in [3.05, 3.63) is 0 Å². The largest absolute Gasteiger partial charge is 0.743 e. The Bertz CT molecular complexity index is 313. The maximum Gasteiger partial charge on any atom is 0.457 e. The van der Waals surface area contributed by atoms with Crippen molar-refractivity contribution in [1.29, 1.82) is 0 Å². The molecule has 13 heavy (non-hydrogen) atoms. The molecule has 0 aromatic carbocycles. The highest BCUT2D eigenvalue weighted by Gasteiger charge is 2.59. The Labute approximate surface area is 68.1 Å². The van der Waals surface area contributed by atoms with Crippen molar-refractivity contribution < 1.29 is 39.7 Å². The number of hydrogen-bond donors (Lipinski definition) is 0. The van der Waals surface area contributed by atoms with Crippen molar-refractivity contribution in [2.45, 2.75) is 11.4 Å². The van der Waals surface area contributed by atoms with E-state index in [0.717, 1.165) is 0 Å². The second-order valence-corrected chi connectivity index (χ2v) is 3.22. The molecule has 0 rings (SSSR count). The Morgan fingerprint density at radius 2 is 1.38 bits per heavy atom. The normalized spacial score (nSPS) is 14.3. The molecule has 10 heteroatoms. The van der Waals surface area contributed by atoms with Crippen molar-refractivity contribution in [3.8, 4) is 0 Å². The number of halogens is 5. The molecule has 0 spiro atoms. The van der Waals surface area contributed by atoms with Crippen LogP contribution in [0.15, 0.2) is 0 Å². The van der Waals surface area contributed by atoms with Crippen molar-refractivity contribution in [2.75, 3.05) is 0 Å². The Kier molecular flexibility index (Phi) is 2.70. The molecule has 0 saturated heterocycles. The van der Waals surface area contributed by atoms with E-state index in [-0.39, 0.29) is 0 Å². The monoisotopic (exact) mass is 227 g/mol. The van der Waals surface area contributed by atoms with Gasteiger partial charge in [0.1, 0.15) is 0 Å². The molecule has 0 atom stereocenters. The molecule has 0 aliphatic rings. The van der Waals surface area contributed by atoms with Crippen LogP contribution in [0.1, 0.15) is 0 Å². The number of carbonyl (C=O) groups excluding carboxylic acids is 1. The van der Waals surface area contributed by atoms with Crippen molar-refractivity contribution >= 4 is 15.9 Å². The van der Waals surface area contributed by atoms with Gasteiger partial charge in [-0.05, 0) is 0 Å². The Hall–Kier alpha value is -0.770. The van der Waals surface area contributed by atoms with E-state index < -0.39 is 27.3 Å². The van der Waals surface area contributed by atoms with Crippen LogP contribution in [-0.4, -0.2) is 30.2 Å². The zero-order chi connectivity index (χ0) is 11.1. The van der Waals surface area contributed by atoms with Crippen LogP contribution >= 0.6 is 0 Å². The van der Waals surface area contributed by atoms with Gasteiger partial charge in [-0.1, -0.05) is 0 Å². The van der Waals surface area contributed by atoms with Gasteiger partial charge in [-0.2, -0.15) is 22.0 Å². The lowest BCUT2D eigenvalue weighted by Gasteiger charge is -2.19. The third kappa shape index (κ3) is 2.34. The average molecular weight is 227 g/mol. The molecule has 0 bridgehead atoms. The quantitative estimate of drug-likeness (QED) is 0.500. The summed E-state index contributed by atoms with van der Waals surface area (Å²) >= 11 is 0. The second kappa shape index (κ2) is 2.87. The minimum atomic E-state index is -6.64. The van der Waals surface area contributed by atoms with E-state index >= 15 is 0 Å². The van der Waals surface area contributed by atoms with Crippen molar-refractivity contribution in [3.63, 3.8) is 0 Å². The minimum absolute atomic E-state index is 3.89. The maximum absolute atomic E-state index is 11.9. The smallest absolute Gasteiger partial charge is 0.457 e. The molecule has 0 aromatic heterocycles. The lowest BCUT2D eigenvalue weighted by atomic mass is 10.4. The van der Waals surface area contributed by atoms with E-state index in [1.807, 2.05) is 0 Å². The van der Waals surface area contributed by atoms with Crippen LogP contribution in [0.4, 0.5) is 22.0 Å². The number of rotatable bonds is 2. The summed E-state index contributed by atoms with van der Waals surface area (Å²) in [6, 6.07) is 0. The summed E-state index contributed by atoms with van der Waals surface area (Å²) in [6.45, 7) is 0. The summed E-state index contributed by atoms with van der Waals surface area (Å²) in [6.07, 6.45) is -6.07. The summed E-state index contributed by atoms with van der Waals surface area (Å²) in [5.74, 6) is -3.89. The van der Waals surface area contributed by atoms with Crippen LogP contribution in [0.25, 0.3) is 0 Å². The Morgan fingerprint density at radius 3 is 1.46 bits per heavy atom. The topological polar surface area (TPSA) is 74.3 Å². The predicted octanol–water partition coefficient (Wildman–Crippen LogP) is 0.256. The van der Waals surface area contributed by atoms with Gasteiger partial charge in [0, 0.05) is 0 Å². The lowest BCUT2D eigenvalue weighted by Crippen LogP contribution is -2.45. The van der Waals surface area contributed by atoms with Crippen molar-refractivity contribution in [1.82, 2.24) is 0 Å². The summed E-state index contributed by atoms with van der Waals surface area (Å²) in [7, 11) is -6.64. The number of hydrogen-bond acceptors (Lipinski definition) is 4. The fraction of sp³-hybridized carbons (Fsp3) is 0.667. The van der Waals surface area contributed by atoms with E-state index in [1.165, 1.54) is 0 Å². The van der Waals surface area contributed by atoms with Gasteiger partial charge in [-0.25, -0.2) is 8.42 Å². The van der Waals surface area contributed by atoms with Gasteiger partial charge in [-0.3, -0.25) is 4.79 Å².